The molecule has 0 unspecified atom stereocenters. The second-order valence-electron chi connectivity index (χ2n) is 10.4. The third-order valence-electron chi connectivity index (χ3n) is 7.53. The summed E-state index contributed by atoms with van der Waals surface area (Å²) < 4.78 is 33.1. The van der Waals surface area contributed by atoms with Gasteiger partial charge in [-0.1, -0.05) is 0 Å². The Morgan fingerprint density at radius 1 is 0.733 bits per heavy atom. The molecule has 2 saturated heterocycles. The lowest BCUT2D eigenvalue weighted by Gasteiger charge is -2.39. The summed E-state index contributed by atoms with van der Waals surface area (Å²) in [4.78, 5) is 13.8. The van der Waals surface area contributed by atoms with E-state index in [1.54, 1.807) is 0 Å². The maximum absolute atomic E-state index is 13.8. The molecule has 10 N–H and O–H groups in total. The lowest BCUT2D eigenvalue weighted by molar-refractivity contribution is -0.277. The molecule has 5 rings (SSSR count). The highest BCUT2D eigenvalue weighted by Crippen LogP contribution is 2.40. The zero-order valence-corrected chi connectivity index (χ0v) is 23.4. The monoisotopic (exact) mass is 640 g/mol. The molecule has 2 aliphatic rings. The van der Waals surface area contributed by atoms with E-state index in [1.807, 2.05) is 0 Å². The minimum absolute atomic E-state index is 0.0448. The summed E-state index contributed by atoms with van der Waals surface area (Å²) in [6.07, 6.45) is -16.8. The van der Waals surface area contributed by atoms with Crippen molar-refractivity contribution in [3.05, 3.63) is 40.6 Å². The molecule has 10 atom stereocenters. The molecule has 2 aromatic carbocycles. The number of ether oxygens (including phenoxy) is 5. The Hall–Kier alpha value is -3.75. The first kappa shape index (κ1) is 32.6. The van der Waals surface area contributed by atoms with Crippen molar-refractivity contribution >= 4 is 11.0 Å². The lowest BCUT2D eigenvalue weighted by atomic mass is 9.99. The van der Waals surface area contributed by atoms with Gasteiger partial charge < -0.3 is 79.2 Å². The van der Waals surface area contributed by atoms with Crippen LogP contribution in [0.15, 0.2) is 39.5 Å². The molecule has 17 heteroatoms. The Labute approximate surface area is 252 Å². The van der Waals surface area contributed by atoms with Crippen molar-refractivity contribution in [3.8, 4) is 40.1 Å². The van der Waals surface area contributed by atoms with Gasteiger partial charge in [0.2, 0.25) is 23.8 Å². The number of aliphatic hydroxyl groups excluding tert-OH is 8. The molecule has 0 saturated carbocycles. The van der Waals surface area contributed by atoms with Crippen LogP contribution < -0.4 is 19.6 Å². The van der Waals surface area contributed by atoms with Gasteiger partial charge in [-0.2, -0.15) is 0 Å². The van der Waals surface area contributed by atoms with Crippen molar-refractivity contribution in [1.29, 1.82) is 0 Å². The Morgan fingerprint density at radius 2 is 1.31 bits per heavy atom. The molecule has 17 nitrogen and oxygen atoms in total. The van der Waals surface area contributed by atoms with Gasteiger partial charge in [-0.05, 0) is 18.2 Å². The van der Waals surface area contributed by atoms with Crippen LogP contribution in [0.1, 0.15) is 0 Å². The van der Waals surface area contributed by atoms with Crippen molar-refractivity contribution in [3.63, 3.8) is 0 Å². The van der Waals surface area contributed by atoms with Crippen LogP contribution in [0.5, 0.6) is 28.7 Å². The van der Waals surface area contributed by atoms with Crippen LogP contribution in [0.25, 0.3) is 22.3 Å². The van der Waals surface area contributed by atoms with Crippen molar-refractivity contribution in [2.75, 3.05) is 20.3 Å². The van der Waals surface area contributed by atoms with Gasteiger partial charge in [0.1, 0.15) is 71.3 Å². The topological polar surface area (TPSA) is 279 Å². The van der Waals surface area contributed by atoms with Crippen molar-refractivity contribution in [1.82, 2.24) is 0 Å². The Balaban J connectivity index is 1.61. The molecule has 0 bridgehead atoms. The van der Waals surface area contributed by atoms with Gasteiger partial charge in [0.15, 0.2) is 17.3 Å². The SMILES string of the molecule is COc1cc(-c2oc3cc(O[C@H]4O[C@@H](CO)[C@H](O)[C@H](O)[C@@H]4O)cc(O)c3c(=O)c2O[C@@H]2O[C@@H](CO)[C@H](O)[C@@H](O)[C@@H]2O)ccc1O. The minimum atomic E-state index is -1.91. The molecule has 1 aromatic heterocycles. The molecule has 3 heterocycles. The van der Waals surface area contributed by atoms with Crippen LogP contribution >= 0.6 is 0 Å². The molecule has 246 valence electrons. The highest BCUT2D eigenvalue weighted by Gasteiger charge is 2.46. The molecule has 0 spiro atoms. The first-order valence-electron chi connectivity index (χ1n) is 13.6. The maximum atomic E-state index is 13.8. The summed E-state index contributed by atoms with van der Waals surface area (Å²) >= 11 is 0. The van der Waals surface area contributed by atoms with Gasteiger partial charge >= 0.3 is 0 Å². The maximum Gasteiger partial charge on any atom is 0.239 e. The molecule has 2 fully saturated rings. The van der Waals surface area contributed by atoms with E-state index in [4.69, 9.17) is 28.1 Å². The summed E-state index contributed by atoms with van der Waals surface area (Å²) in [6.45, 7) is -1.50. The third kappa shape index (κ3) is 5.98. The van der Waals surface area contributed by atoms with E-state index in [1.165, 1.54) is 25.3 Å². The minimum Gasteiger partial charge on any atom is -0.507 e. The Bertz CT molecular complexity index is 1570. The first-order valence-corrected chi connectivity index (χ1v) is 13.6. The first-order chi connectivity index (χ1) is 21.4. The van der Waals surface area contributed by atoms with Crippen molar-refractivity contribution < 1.29 is 79.2 Å². The van der Waals surface area contributed by atoms with Crippen LogP contribution in [0.4, 0.5) is 0 Å². The highest BCUT2D eigenvalue weighted by atomic mass is 16.7. The third-order valence-corrected chi connectivity index (χ3v) is 7.53. The number of fused-ring (bicyclic) bond motifs is 1. The molecular weight excluding hydrogens is 608 g/mol. The predicted molar refractivity (Wildman–Crippen MR) is 147 cm³/mol. The van der Waals surface area contributed by atoms with Gasteiger partial charge in [0, 0.05) is 17.7 Å². The van der Waals surface area contributed by atoms with Crippen LogP contribution in [0.3, 0.4) is 0 Å². The summed E-state index contributed by atoms with van der Waals surface area (Å²) in [5, 5.41) is 101. The van der Waals surface area contributed by atoms with E-state index >= 15 is 0 Å². The van der Waals surface area contributed by atoms with Gasteiger partial charge in [0.05, 0.1) is 20.3 Å². The number of rotatable bonds is 8. The normalized spacial score (nSPS) is 31.9. The van der Waals surface area contributed by atoms with Gasteiger partial charge in [-0.3, -0.25) is 4.79 Å². The largest absolute Gasteiger partial charge is 0.507 e. The lowest BCUT2D eigenvalue weighted by Crippen LogP contribution is -2.60. The standard InChI is InChI=1S/C28H32O17/c1-40-13-4-9(2-3-11(13)31)25-26(45-28-24(39)22(37)19(34)16(8-30)44-28)20(35)17-12(32)5-10(6-14(17)42-25)41-27-23(38)21(36)18(33)15(7-29)43-27/h2-6,15-16,18-19,21-24,27-34,36-39H,7-8H2,1H3/t15-,16-,18-,19-,21-,22+,23-,24-,27-,28-/m0/s1. The van der Waals surface area contributed by atoms with Crippen molar-refractivity contribution in [2.24, 2.45) is 0 Å². The summed E-state index contributed by atoms with van der Waals surface area (Å²) in [5.74, 6) is -2.30. The van der Waals surface area contributed by atoms with E-state index in [0.717, 1.165) is 12.1 Å². The van der Waals surface area contributed by atoms with E-state index in [0.29, 0.717) is 0 Å². The second kappa shape index (κ2) is 12.9. The number of benzene rings is 2. The van der Waals surface area contributed by atoms with E-state index in [9.17, 15) is 55.9 Å². The molecule has 45 heavy (non-hydrogen) atoms. The molecule has 0 aliphatic carbocycles. The zero-order chi connectivity index (χ0) is 32.7. The fraction of sp³-hybridized carbons (Fsp3) is 0.464. The highest BCUT2D eigenvalue weighted by molar-refractivity contribution is 5.88. The number of methoxy groups -OCH3 is 1. The molecular formula is C28H32O17. The van der Waals surface area contributed by atoms with Crippen LogP contribution in [0, 0.1) is 0 Å². The predicted octanol–water partition coefficient (Wildman–Crippen LogP) is -2.76. The van der Waals surface area contributed by atoms with Crippen LogP contribution in [-0.2, 0) is 9.47 Å². The van der Waals surface area contributed by atoms with E-state index in [2.05, 4.69) is 0 Å². The summed E-state index contributed by atoms with van der Waals surface area (Å²) in [5.41, 5.74) is -1.27. The Morgan fingerprint density at radius 3 is 1.87 bits per heavy atom. The summed E-state index contributed by atoms with van der Waals surface area (Å²) in [6, 6.07) is 5.87. The number of phenolic OH excluding ortho intramolecular Hbond substituents is 2. The average Bonchev–Trinajstić information content (AvgIpc) is 3.02. The van der Waals surface area contributed by atoms with Crippen LogP contribution in [0.2, 0.25) is 0 Å². The quantitative estimate of drug-likeness (QED) is 0.119. The van der Waals surface area contributed by atoms with Gasteiger partial charge in [-0.15, -0.1) is 0 Å². The van der Waals surface area contributed by atoms with Crippen LogP contribution in [-0.4, -0.2) is 133 Å². The van der Waals surface area contributed by atoms with Gasteiger partial charge in [-0.25, -0.2) is 0 Å². The Kier molecular flexibility index (Phi) is 9.38. The number of aliphatic hydroxyl groups is 8. The molecule has 0 amide bonds. The fourth-order valence-corrected chi connectivity index (χ4v) is 5.02. The fourth-order valence-electron chi connectivity index (χ4n) is 5.02. The van der Waals surface area contributed by atoms with Crippen molar-refractivity contribution in [2.45, 2.75) is 61.4 Å². The second-order valence-corrected chi connectivity index (χ2v) is 10.4. The molecule has 0 radical (unpaired) electrons. The smallest absolute Gasteiger partial charge is 0.239 e. The summed E-state index contributed by atoms with van der Waals surface area (Å²) in [7, 11) is 1.27. The molecule has 2 aliphatic heterocycles. The number of hydrogen-bond donors (Lipinski definition) is 10. The van der Waals surface area contributed by atoms with Gasteiger partial charge in [0.25, 0.3) is 0 Å². The van der Waals surface area contributed by atoms with E-state index in [-0.39, 0.29) is 34.2 Å². The zero-order valence-electron chi connectivity index (χ0n) is 23.4. The van der Waals surface area contributed by atoms with E-state index < -0.39 is 96.9 Å². The number of aromatic hydroxyl groups is 2. The molecule has 3 aromatic rings. The number of hydrogen-bond acceptors (Lipinski definition) is 17. The number of phenols is 2. The average molecular weight is 641 g/mol.